The van der Waals surface area contributed by atoms with E-state index in [1.165, 1.54) is 19.1 Å². The minimum absolute atomic E-state index is 0.128. The fourth-order valence-electron chi connectivity index (χ4n) is 2.81. The van der Waals surface area contributed by atoms with E-state index >= 15 is 0 Å². The Kier molecular flexibility index (Phi) is 3.19. The molecule has 2 aromatic rings. The van der Waals surface area contributed by atoms with Gasteiger partial charge in [-0.1, -0.05) is 58.4 Å². The highest BCUT2D eigenvalue weighted by Crippen LogP contribution is 2.68. The summed E-state index contributed by atoms with van der Waals surface area (Å²) in [5, 5.41) is 0. The molecular weight excluding hydrogens is 345 g/mol. The number of alkyl halides is 3. The van der Waals surface area contributed by atoms with Crippen molar-refractivity contribution in [3.63, 3.8) is 0 Å². The number of rotatable bonds is 2. The smallest absolute Gasteiger partial charge is 0.343 e. The van der Waals surface area contributed by atoms with Gasteiger partial charge < -0.3 is 4.74 Å². The summed E-state index contributed by atoms with van der Waals surface area (Å²) in [4.78, 5) is 0. The van der Waals surface area contributed by atoms with Crippen molar-refractivity contribution in [1.29, 1.82) is 0 Å². The molecule has 0 radical (unpaired) electrons. The average molecular weight is 357 g/mol. The lowest BCUT2D eigenvalue weighted by atomic mass is 9.82. The minimum atomic E-state index is -4.49. The lowest BCUT2D eigenvalue weighted by Crippen LogP contribution is -2.35. The molecule has 0 amide bonds. The van der Waals surface area contributed by atoms with Crippen molar-refractivity contribution in [2.45, 2.75) is 24.3 Å². The molecule has 0 aromatic heterocycles. The topological polar surface area (TPSA) is 12.5 Å². The Morgan fingerprint density at radius 1 is 0.905 bits per heavy atom. The molecule has 0 spiro atoms. The van der Waals surface area contributed by atoms with Crippen LogP contribution < -0.4 is 0 Å². The maximum absolute atomic E-state index is 13.7. The van der Waals surface area contributed by atoms with Gasteiger partial charge in [0.15, 0.2) is 0 Å². The van der Waals surface area contributed by atoms with Crippen LogP contribution in [0.25, 0.3) is 0 Å². The van der Waals surface area contributed by atoms with E-state index in [2.05, 4.69) is 15.9 Å². The van der Waals surface area contributed by atoms with Crippen LogP contribution in [0, 0.1) is 0 Å². The van der Waals surface area contributed by atoms with Crippen LogP contribution in [0.4, 0.5) is 13.2 Å². The number of hydrogen-bond acceptors (Lipinski definition) is 1. The Balaban J connectivity index is 2.12. The predicted molar refractivity (Wildman–Crippen MR) is 76.8 cm³/mol. The van der Waals surface area contributed by atoms with Crippen molar-refractivity contribution in [3.8, 4) is 0 Å². The van der Waals surface area contributed by atoms with Gasteiger partial charge in [0, 0.05) is 4.47 Å². The summed E-state index contributed by atoms with van der Waals surface area (Å²) in [6.45, 7) is 1.48. The Hall–Kier alpha value is -1.33. The first-order chi connectivity index (χ1) is 9.81. The molecule has 3 rings (SSSR count). The van der Waals surface area contributed by atoms with Crippen LogP contribution in [-0.2, 0) is 15.9 Å². The number of hydrogen-bond donors (Lipinski definition) is 0. The van der Waals surface area contributed by atoms with Crippen LogP contribution in [-0.4, -0.2) is 6.18 Å². The molecule has 1 fully saturated rings. The number of ether oxygens (including phenoxy) is 1. The van der Waals surface area contributed by atoms with Gasteiger partial charge in [0.1, 0.15) is 5.60 Å². The summed E-state index contributed by atoms with van der Waals surface area (Å²) in [6, 6.07) is 14.5. The summed E-state index contributed by atoms with van der Waals surface area (Å²) >= 11 is 3.28. The van der Waals surface area contributed by atoms with Gasteiger partial charge in [-0.3, -0.25) is 0 Å². The maximum Gasteiger partial charge on any atom is 0.424 e. The second-order valence-electron chi connectivity index (χ2n) is 5.19. The van der Waals surface area contributed by atoms with E-state index in [-0.39, 0.29) is 5.56 Å². The molecule has 1 nitrogen and oxygen atoms in total. The third-order valence-corrected chi connectivity index (χ3v) is 4.49. The average Bonchev–Trinajstić information content (AvgIpc) is 3.10. The van der Waals surface area contributed by atoms with Gasteiger partial charge >= 0.3 is 6.18 Å². The molecule has 0 aliphatic carbocycles. The molecule has 5 heteroatoms. The predicted octanol–water partition coefficient (Wildman–Crippen LogP) is 5.15. The van der Waals surface area contributed by atoms with Crippen molar-refractivity contribution in [1.82, 2.24) is 0 Å². The number of epoxide rings is 1. The highest BCUT2D eigenvalue weighted by Gasteiger charge is 2.81. The second-order valence-corrected chi connectivity index (χ2v) is 6.10. The van der Waals surface area contributed by atoms with Gasteiger partial charge in [-0.2, -0.15) is 13.2 Å². The molecule has 0 N–H and O–H groups in total. The van der Waals surface area contributed by atoms with Gasteiger partial charge in [0.25, 0.3) is 0 Å². The molecule has 1 saturated heterocycles. The van der Waals surface area contributed by atoms with Crippen molar-refractivity contribution in [2.75, 3.05) is 0 Å². The van der Waals surface area contributed by atoms with Gasteiger partial charge in [-0.15, -0.1) is 0 Å². The molecule has 110 valence electrons. The molecule has 0 bridgehead atoms. The van der Waals surface area contributed by atoms with Crippen LogP contribution >= 0.6 is 15.9 Å². The maximum atomic E-state index is 13.7. The summed E-state index contributed by atoms with van der Waals surface area (Å²) < 4.78 is 47.3. The summed E-state index contributed by atoms with van der Waals surface area (Å²) in [5.41, 5.74) is -3.06. The van der Waals surface area contributed by atoms with Crippen LogP contribution in [0.5, 0.6) is 0 Å². The Morgan fingerprint density at radius 2 is 1.48 bits per heavy atom. The SMILES string of the molecule is C[C@@]1(c2ccc(Br)cc2)O[C@]1(c1ccccc1)C(F)(F)F. The fraction of sp³-hybridized carbons (Fsp3) is 0.250. The van der Waals surface area contributed by atoms with Crippen LogP contribution in [0.3, 0.4) is 0 Å². The van der Waals surface area contributed by atoms with E-state index in [0.717, 1.165) is 4.47 Å². The van der Waals surface area contributed by atoms with E-state index in [1.54, 1.807) is 42.5 Å². The molecule has 2 aromatic carbocycles. The van der Waals surface area contributed by atoms with Crippen LogP contribution in [0.1, 0.15) is 18.1 Å². The molecular formula is C16H12BrF3O. The largest absolute Gasteiger partial charge is 0.424 e. The van der Waals surface area contributed by atoms with E-state index in [4.69, 9.17) is 4.74 Å². The summed E-state index contributed by atoms with van der Waals surface area (Å²) in [6.07, 6.45) is -4.49. The molecule has 1 heterocycles. The van der Waals surface area contributed by atoms with Crippen LogP contribution in [0.2, 0.25) is 0 Å². The number of halogens is 4. The van der Waals surface area contributed by atoms with E-state index < -0.39 is 17.4 Å². The Morgan fingerprint density at radius 3 is 2.00 bits per heavy atom. The zero-order valence-corrected chi connectivity index (χ0v) is 12.7. The zero-order chi connectivity index (χ0) is 15.3. The Labute approximate surface area is 128 Å². The van der Waals surface area contributed by atoms with Gasteiger partial charge in [0.05, 0.1) is 0 Å². The first-order valence-corrected chi connectivity index (χ1v) is 7.19. The summed E-state index contributed by atoms with van der Waals surface area (Å²) in [7, 11) is 0. The second kappa shape index (κ2) is 4.58. The standard InChI is InChI=1S/C16H12BrF3O/c1-14(11-7-9-13(17)10-8-11)15(21-14,16(18,19)20)12-5-3-2-4-6-12/h2-10H,1H3/t14-,15-/m0/s1. The Bertz CT molecular complexity index is 653. The highest BCUT2D eigenvalue weighted by atomic mass is 79.9. The molecule has 0 unspecified atom stereocenters. The van der Waals surface area contributed by atoms with Crippen molar-refractivity contribution >= 4 is 15.9 Å². The van der Waals surface area contributed by atoms with Gasteiger partial charge in [-0.05, 0) is 30.2 Å². The zero-order valence-electron chi connectivity index (χ0n) is 11.1. The van der Waals surface area contributed by atoms with Gasteiger partial charge in [0.2, 0.25) is 5.60 Å². The lowest BCUT2D eigenvalue weighted by Gasteiger charge is -2.21. The van der Waals surface area contributed by atoms with Crippen molar-refractivity contribution in [3.05, 3.63) is 70.2 Å². The van der Waals surface area contributed by atoms with Crippen molar-refractivity contribution in [2.24, 2.45) is 0 Å². The highest BCUT2D eigenvalue weighted by molar-refractivity contribution is 9.10. The monoisotopic (exact) mass is 356 g/mol. The molecule has 21 heavy (non-hydrogen) atoms. The third kappa shape index (κ3) is 2.02. The minimum Gasteiger partial charge on any atom is -0.343 e. The first kappa shape index (κ1) is 14.6. The third-order valence-electron chi connectivity index (χ3n) is 3.96. The molecule has 0 saturated carbocycles. The summed E-state index contributed by atoms with van der Waals surface area (Å²) in [5.74, 6) is 0. The van der Waals surface area contributed by atoms with E-state index in [9.17, 15) is 13.2 Å². The van der Waals surface area contributed by atoms with Crippen LogP contribution in [0.15, 0.2) is 59.1 Å². The lowest BCUT2D eigenvalue weighted by molar-refractivity contribution is -0.188. The van der Waals surface area contributed by atoms with Gasteiger partial charge in [-0.25, -0.2) is 0 Å². The van der Waals surface area contributed by atoms with E-state index in [1.807, 2.05) is 0 Å². The normalized spacial score (nSPS) is 28.4. The fourth-order valence-corrected chi connectivity index (χ4v) is 3.07. The first-order valence-electron chi connectivity index (χ1n) is 6.40. The molecule has 2 atom stereocenters. The number of benzene rings is 2. The quantitative estimate of drug-likeness (QED) is 0.677. The van der Waals surface area contributed by atoms with Crippen molar-refractivity contribution < 1.29 is 17.9 Å². The molecule has 1 aliphatic heterocycles. The van der Waals surface area contributed by atoms with E-state index in [0.29, 0.717) is 5.56 Å². The molecule has 1 aliphatic rings.